The van der Waals surface area contributed by atoms with Crippen molar-refractivity contribution in [3.63, 3.8) is 0 Å². The highest BCUT2D eigenvalue weighted by atomic mass is 35.5. The van der Waals surface area contributed by atoms with Gasteiger partial charge in [0, 0.05) is 49.0 Å². The zero-order valence-corrected chi connectivity index (χ0v) is 59.9. The minimum atomic E-state index is -0.466. The quantitative estimate of drug-likeness (QED) is 0.0882. The molecule has 486 valence electrons. The molecule has 29 heteroatoms. The third kappa shape index (κ3) is 13.5. The van der Waals surface area contributed by atoms with Crippen molar-refractivity contribution in [1.29, 1.82) is 42.1 Å². The van der Waals surface area contributed by atoms with Crippen LogP contribution >= 0.6 is 114 Å². The van der Waals surface area contributed by atoms with Gasteiger partial charge < -0.3 is 47.0 Å². The number of ether oxygens (including phenoxy) is 2. The number of thiophene rings is 9. The fraction of sp³-hybridized carbons (Fsp3) is 0.235. The van der Waals surface area contributed by atoms with Crippen LogP contribution in [-0.2, 0) is 14.9 Å². The summed E-state index contributed by atoms with van der Waals surface area (Å²) in [6.45, 7) is 10.2. The predicted octanol–water partition coefficient (Wildman–Crippen LogP) is 18.4. The molecule has 12 aromatic rings. The highest BCUT2D eigenvalue weighted by Crippen LogP contribution is 2.57. The van der Waals surface area contributed by atoms with Crippen LogP contribution in [0.4, 0.5) is 22.7 Å². The number of fused-ring (bicyclic) bond motifs is 5. The maximum Gasteiger partial charge on any atom is 0.350 e. The molecule has 11 aromatic heterocycles. The fourth-order valence-corrected chi connectivity index (χ4v) is 22.4. The van der Waals surface area contributed by atoms with Crippen LogP contribution in [0.25, 0.3) is 70.7 Å². The number of hydrogen-bond donors (Lipinski definition) is 5. The van der Waals surface area contributed by atoms with Crippen LogP contribution in [-0.4, -0.2) is 31.2 Å². The van der Waals surface area contributed by atoms with Crippen LogP contribution < -0.4 is 28.7 Å². The summed E-state index contributed by atoms with van der Waals surface area (Å²) < 4.78 is 24.5. The molecular formula is C68H52ClN13O6S9. The number of carbonyl (C=O) groups excluding carboxylic acids is 2. The Morgan fingerprint density at radius 3 is 1.47 bits per heavy atom. The lowest BCUT2D eigenvalue weighted by Gasteiger charge is -2.26. The molecule has 97 heavy (non-hydrogen) atoms. The molecule has 19 nitrogen and oxygen atoms in total. The Bertz CT molecular complexity index is 5170. The van der Waals surface area contributed by atoms with Gasteiger partial charge in [-0.3, -0.25) is 0 Å². The second-order valence-corrected chi connectivity index (χ2v) is 33.1. The number of nitrogens with two attached hydrogens (primary N) is 5. The second-order valence-electron chi connectivity index (χ2n) is 22.5. The van der Waals surface area contributed by atoms with Gasteiger partial charge in [0.2, 0.25) is 0 Å². The highest BCUT2D eigenvalue weighted by molar-refractivity contribution is 7.41. The number of nitrogens with zero attached hydrogens (tertiary/aromatic N) is 8. The standard InChI is InChI=1S/C16H16ClN3.C16H15NO5S2.C12H5N3OS2.C12H5N3S3.C12H11N3S2/c17-13-3-1-9(2-4-13)14-11(7-18)5-10-6-12(8-19)16(20)15(10)14;1-3-20-14(18)12-9(8-6-5-7-22-8)10-11(17)13(15(19)21-4-2)24-16(10)23-12;2*13-4-7-9(6-2-1-3-16-6)10-11(15)8(5-14)18-12(10)17-7;1-12(2,3)9-6(4-13)16-11-8(9)10(15)7(5-14)17-11/h1-4,10-12,14-16H,5-6,20H2;5-7H,3-4,17H2,1-2H3;2*1-3H,15H2;15H2,1-3H3. The van der Waals surface area contributed by atoms with Crippen molar-refractivity contribution < 1.29 is 27.9 Å². The summed E-state index contributed by atoms with van der Waals surface area (Å²) in [5.74, 6) is 0.911. The van der Waals surface area contributed by atoms with E-state index in [-0.39, 0.29) is 48.3 Å². The smallest absolute Gasteiger partial charge is 0.350 e. The molecule has 2 saturated carbocycles. The van der Waals surface area contributed by atoms with Gasteiger partial charge in [0.15, 0.2) is 0 Å². The van der Waals surface area contributed by atoms with E-state index in [1.54, 1.807) is 55.7 Å². The van der Waals surface area contributed by atoms with E-state index in [4.69, 9.17) is 74.4 Å². The molecule has 0 radical (unpaired) electrons. The Morgan fingerprint density at radius 1 is 0.546 bits per heavy atom. The van der Waals surface area contributed by atoms with Gasteiger partial charge in [-0.15, -0.1) is 102 Å². The third-order valence-corrected chi connectivity index (χ3v) is 26.4. The van der Waals surface area contributed by atoms with E-state index in [0.29, 0.717) is 101 Å². The van der Waals surface area contributed by atoms with Gasteiger partial charge in [0.25, 0.3) is 0 Å². The molecule has 2 fully saturated rings. The third-order valence-electron chi connectivity index (χ3n) is 15.9. The monoisotopic (exact) mass is 1470 g/mol. The molecule has 10 N–H and O–H groups in total. The van der Waals surface area contributed by atoms with Gasteiger partial charge in [-0.2, -0.15) is 42.1 Å². The van der Waals surface area contributed by atoms with Crippen molar-refractivity contribution in [1.82, 2.24) is 0 Å². The van der Waals surface area contributed by atoms with Gasteiger partial charge in [0.1, 0.15) is 87.0 Å². The Balaban J connectivity index is 0.000000132. The second kappa shape index (κ2) is 29.8. The Labute approximate surface area is 596 Å². The zero-order valence-electron chi connectivity index (χ0n) is 51.8. The number of benzene rings is 1. The maximum atomic E-state index is 12.3. The van der Waals surface area contributed by atoms with Gasteiger partial charge >= 0.3 is 11.9 Å². The number of furan rings is 2. The molecule has 0 bridgehead atoms. The van der Waals surface area contributed by atoms with Crippen molar-refractivity contribution in [3.05, 3.63) is 134 Å². The zero-order chi connectivity index (χ0) is 69.7. The molecule has 11 heterocycles. The molecule has 6 atom stereocenters. The number of esters is 2. The number of carbonyl (C=O) groups is 2. The van der Waals surface area contributed by atoms with Crippen molar-refractivity contribution in [2.45, 2.75) is 64.8 Å². The summed E-state index contributed by atoms with van der Waals surface area (Å²) in [6.07, 6.45) is 4.77. The molecule has 0 saturated heterocycles. The van der Waals surface area contributed by atoms with Crippen molar-refractivity contribution in [3.8, 4) is 81.6 Å². The van der Waals surface area contributed by atoms with Crippen LogP contribution in [0.5, 0.6) is 0 Å². The minimum Gasteiger partial charge on any atom is -0.464 e. The molecule has 2 aliphatic carbocycles. The number of halogens is 1. The van der Waals surface area contributed by atoms with Crippen LogP contribution in [0.15, 0.2) is 87.4 Å². The summed E-state index contributed by atoms with van der Waals surface area (Å²) in [5.41, 5.74) is 36.3. The fourth-order valence-electron chi connectivity index (χ4n) is 12.0. The lowest BCUT2D eigenvalue weighted by atomic mass is 9.80. The Morgan fingerprint density at radius 2 is 0.990 bits per heavy atom. The van der Waals surface area contributed by atoms with E-state index in [2.05, 4.69) is 69.3 Å². The van der Waals surface area contributed by atoms with E-state index >= 15 is 0 Å². The molecule has 1 aromatic carbocycles. The van der Waals surface area contributed by atoms with Crippen molar-refractivity contribution in [2.75, 3.05) is 36.1 Å². The molecule has 2 aliphatic rings. The van der Waals surface area contributed by atoms with Crippen LogP contribution in [0, 0.1) is 114 Å². The van der Waals surface area contributed by atoms with Gasteiger partial charge in [0.05, 0.1) is 99.6 Å². The van der Waals surface area contributed by atoms with E-state index in [0.717, 1.165) is 66.6 Å². The number of nitriles is 8. The van der Waals surface area contributed by atoms with E-state index in [1.807, 2.05) is 41.8 Å². The summed E-state index contributed by atoms with van der Waals surface area (Å²) in [5, 5.41) is 79.0. The molecule has 6 unspecified atom stereocenters. The Kier molecular flexibility index (Phi) is 21.6. The lowest BCUT2D eigenvalue weighted by molar-refractivity contribution is 0.0523. The first kappa shape index (κ1) is 70.2. The van der Waals surface area contributed by atoms with Crippen LogP contribution in [0.1, 0.15) is 113 Å². The number of nitrogen functional groups attached to an aromatic ring is 4. The number of rotatable bonds is 8. The maximum absolute atomic E-state index is 12.3. The van der Waals surface area contributed by atoms with E-state index in [9.17, 15) is 35.9 Å². The average molecular weight is 1470 g/mol. The Hall–Kier alpha value is -9.57. The summed E-state index contributed by atoms with van der Waals surface area (Å²) >= 11 is 18.2. The van der Waals surface area contributed by atoms with Crippen molar-refractivity contribution >= 4 is 186 Å². The minimum absolute atomic E-state index is 0.00290. The molecular weight excluding hydrogens is 1420 g/mol. The molecule has 0 aliphatic heterocycles. The first-order chi connectivity index (χ1) is 46.6. The number of hydrogen-bond acceptors (Lipinski definition) is 28. The molecule has 14 rings (SSSR count). The first-order valence-electron chi connectivity index (χ1n) is 29.2. The first-order valence-corrected chi connectivity index (χ1v) is 37.0. The average Bonchev–Trinajstić information content (AvgIpc) is 1.63. The van der Waals surface area contributed by atoms with Gasteiger partial charge in [-0.1, -0.05) is 50.6 Å². The highest BCUT2D eigenvalue weighted by Gasteiger charge is 2.53. The summed E-state index contributed by atoms with van der Waals surface area (Å²) in [6, 6.07) is 36.1. The molecule has 0 amide bonds. The van der Waals surface area contributed by atoms with Crippen LogP contribution in [0.3, 0.4) is 0 Å². The largest absolute Gasteiger partial charge is 0.464 e. The molecule has 0 spiro atoms. The SMILES string of the molecule is CC(C)(C)c1c(C#N)sc2sc(C#N)c(N)c12.CCOC(=O)c1sc2sc(C(=O)OCC)c(-c3ccco3)c2c1N.N#CC1CC2CC(C#N)C(c3ccc(Cl)cc3)C2C1N.N#Cc1sc2sc(C#N)c(-c3ccco3)c2c1N.N#Cc1sc2sc(C#N)c(-c3cccs3)c2c1N. The van der Waals surface area contributed by atoms with Crippen LogP contribution in [0.2, 0.25) is 5.02 Å². The lowest BCUT2D eigenvalue weighted by Crippen LogP contribution is -2.34. The summed E-state index contributed by atoms with van der Waals surface area (Å²) in [4.78, 5) is 29.6. The van der Waals surface area contributed by atoms with Crippen molar-refractivity contribution in [2.24, 2.45) is 29.4 Å². The van der Waals surface area contributed by atoms with E-state index in [1.165, 1.54) is 97.0 Å². The summed E-state index contributed by atoms with van der Waals surface area (Å²) in [7, 11) is 0. The van der Waals surface area contributed by atoms with Gasteiger partial charge in [-0.25, -0.2) is 9.59 Å². The topological polar surface area (TPSA) is 399 Å². The number of anilines is 4. The normalized spacial score (nSPS) is 16.6. The van der Waals surface area contributed by atoms with E-state index < -0.39 is 11.9 Å². The predicted molar refractivity (Wildman–Crippen MR) is 391 cm³/mol. The van der Waals surface area contributed by atoms with Gasteiger partial charge in [-0.05, 0) is 103 Å².